The molecule has 94 valence electrons. The average molecular weight is 320 g/mol. The van der Waals surface area contributed by atoms with Gasteiger partial charge in [-0.25, -0.2) is 0 Å². The van der Waals surface area contributed by atoms with Crippen LogP contribution in [0.4, 0.5) is 0 Å². The van der Waals surface area contributed by atoms with Crippen molar-refractivity contribution in [1.29, 1.82) is 0 Å². The minimum Gasteiger partial charge on any atom is -0.473 e. The lowest BCUT2D eigenvalue weighted by Gasteiger charge is -2.32. The summed E-state index contributed by atoms with van der Waals surface area (Å²) in [4.78, 5) is 4.22. The Balaban J connectivity index is 2.28. The van der Waals surface area contributed by atoms with E-state index >= 15 is 0 Å². The summed E-state index contributed by atoms with van der Waals surface area (Å²) in [6.45, 7) is 8.11. The molecule has 0 saturated carbocycles. The van der Waals surface area contributed by atoms with E-state index in [0.717, 1.165) is 9.38 Å². The summed E-state index contributed by atoms with van der Waals surface area (Å²) in [5.41, 5.74) is -0.678. The van der Waals surface area contributed by atoms with Crippen molar-refractivity contribution in [1.82, 2.24) is 4.98 Å². The molecular weight excluding hydrogens is 305 g/mol. The molecule has 1 aliphatic heterocycles. The second kappa shape index (κ2) is 4.22. The van der Waals surface area contributed by atoms with Crippen LogP contribution in [0.15, 0.2) is 4.60 Å². The molecule has 0 bridgehead atoms. The smallest absolute Gasteiger partial charge is 0.473 e. The molecule has 1 aromatic heterocycles. The number of nitrogens with zero attached hydrogens (tertiary/aromatic N) is 1. The van der Waals surface area contributed by atoms with Crippen molar-refractivity contribution in [3.05, 3.63) is 4.60 Å². The van der Waals surface area contributed by atoms with Crippen LogP contribution < -0.4 is 9.51 Å². The highest BCUT2D eigenvalue weighted by Crippen LogP contribution is 2.38. The highest BCUT2D eigenvalue weighted by atomic mass is 79.9. The number of ether oxygens (including phenoxy) is 1. The van der Waals surface area contributed by atoms with E-state index in [1.807, 2.05) is 27.7 Å². The third-order valence-electron chi connectivity index (χ3n) is 3.23. The van der Waals surface area contributed by atoms with Gasteiger partial charge in [0, 0.05) is 0 Å². The first-order valence-corrected chi connectivity index (χ1v) is 6.93. The van der Waals surface area contributed by atoms with Crippen LogP contribution in [0.2, 0.25) is 0 Å². The summed E-state index contributed by atoms with van der Waals surface area (Å²) in [7, 11) is 1.20. The van der Waals surface area contributed by atoms with Crippen LogP contribution in [0.25, 0.3) is 0 Å². The lowest BCUT2D eigenvalue weighted by atomic mass is 9.89. The predicted molar refractivity (Wildman–Crippen MR) is 72.1 cm³/mol. The minimum absolute atomic E-state index is 0.339. The maximum Gasteiger partial charge on any atom is 0.508 e. The van der Waals surface area contributed by atoms with Gasteiger partial charge in [-0.3, -0.25) is 0 Å². The van der Waals surface area contributed by atoms with Crippen LogP contribution in [0.5, 0.6) is 5.19 Å². The second-order valence-corrected chi connectivity index (χ2v) is 6.67. The van der Waals surface area contributed by atoms with Gasteiger partial charge in [0.25, 0.3) is 5.19 Å². The van der Waals surface area contributed by atoms with Gasteiger partial charge in [-0.2, -0.15) is 4.98 Å². The van der Waals surface area contributed by atoms with E-state index in [0.29, 0.717) is 5.19 Å². The Morgan fingerprint density at radius 1 is 1.24 bits per heavy atom. The lowest BCUT2D eigenvalue weighted by Crippen LogP contribution is -2.41. The SMILES string of the molecule is COc1nc(Br)c(B2OC(C)(C)C(C)(C)O2)s1. The third-order valence-corrected chi connectivity index (χ3v) is 5.14. The zero-order valence-electron chi connectivity index (χ0n) is 10.5. The normalized spacial score (nSPS) is 21.9. The molecule has 0 amide bonds. The number of hydrogen-bond donors (Lipinski definition) is 0. The summed E-state index contributed by atoms with van der Waals surface area (Å²) in [6.07, 6.45) is 0. The van der Waals surface area contributed by atoms with Crippen LogP contribution in [0.3, 0.4) is 0 Å². The number of halogens is 1. The first-order valence-electron chi connectivity index (χ1n) is 5.33. The monoisotopic (exact) mass is 319 g/mol. The Morgan fingerprint density at radius 2 is 1.76 bits per heavy atom. The molecule has 2 rings (SSSR count). The maximum atomic E-state index is 5.95. The van der Waals surface area contributed by atoms with Gasteiger partial charge in [0.1, 0.15) is 4.60 Å². The van der Waals surface area contributed by atoms with Crippen molar-refractivity contribution in [2.45, 2.75) is 38.9 Å². The van der Waals surface area contributed by atoms with E-state index in [-0.39, 0.29) is 11.2 Å². The van der Waals surface area contributed by atoms with Crippen molar-refractivity contribution < 1.29 is 14.0 Å². The molecule has 1 saturated heterocycles. The maximum absolute atomic E-state index is 5.95. The summed E-state index contributed by atoms with van der Waals surface area (Å²) in [6, 6.07) is 0. The van der Waals surface area contributed by atoms with Crippen LogP contribution in [-0.4, -0.2) is 30.4 Å². The molecule has 0 aromatic carbocycles. The lowest BCUT2D eigenvalue weighted by molar-refractivity contribution is 0.00578. The van der Waals surface area contributed by atoms with Gasteiger partial charge in [-0.1, -0.05) is 11.3 Å². The second-order valence-electron chi connectivity index (χ2n) is 4.93. The van der Waals surface area contributed by atoms with Crippen molar-refractivity contribution in [2.75, 3.05) is 7.11 Å². The molecule has 1 aromatic rings. The van der Waals surface area contributed by atoms with E-state index in [1.165, 1.54) is 11.3 Å². The van der Waals surface area contributed by atoms with E-state index in [9.17, 15) is 0 Å². The molecule has 0 radical (unpaired) electrons. The molecule has 0 atom stereocenters. The standard InChI is InChI=1S/C10H15BBrNO3S/c1-9(2)10(3,4)16-11(15-9)6-7(12)13-8(14-5)17-6/h1-5H3. The van der Waals surface area contributed by atoms with Gasteiger partial charge < -0.3 is 14.0 Å². The summed E-state index contributed by atoms with van der Waals surface area (Å²) >= 11 is 4.83. The van der Waals surface area contributed by atoms with Gasteiger partial charge >= 0.3 is 7.12 Å². The van der Waals surface area contributed by atoms with E-state index in [2.05, 4.69) is 20.9 Å². The van der Waals surface area contributed by atoms with E-state index in [4.69, 9.17) is 14.0 Å². The Kier molecular flexibility index (Phi) is 3.31. The molecule has 7 heteroatoms. The number of aromatic nitrogens is 1. The first kappa shape index (κ1) is 13.3. The van der Waals surface area contributed by atoms with Crippen molar-refractivity contribution in [3.63, 3.8) is 0 Å². The molecule has 0 N–H and O–H groups in total. The molecule has 17 heavy (non-hydrogen) atoms. The van der Waals surface area contributed by atoms with Crippen molar-refractivity contribution in [2.24, 2.45) is 0 Å². The molecule has 1 aliphatic rings. The van der Waals surface area contributed by atoms with Crippen LogP contribution in [0.1, 0.15) is 27.7 Å². The van der Waals surface area contributed by atoms with Gasteiger partial charge in [-0.05, 0) is 43.6 Å². The molecule has 0 aliphatic carbocycles. The van der Waals surface area contributed by atoms with E-state index in [1.54, 1.807) is 7.11 Å². The largest absolute Gasteiger partial charge is 0.508 e. The zero-order valence-corrected chi connectivity index (χ0v) is 12.9. The minimum atomic E-state index is -0.393. The van der Waals surface area contributed by atoms with Gasteiger partial charge in [-0.15, -0.1) is 0 Å². The molecule has 4 nitrogen and oxygen atoms in total. The highest BCUT2D eigenvalue weighted by molar-refractivity contribution is 9.10. The fraction of sp³-hybridized carbons (Fsp3) is 0.700. The zero-order chi connectivity index (χ0) is 12.8. The van der Waals surface area contributed by atoms with Gasteiger partial charge in [0.2, 0.25) is 0 Å². The highest BCUT2D eigenvalue weighted by Gasteiger charge is 2.53. The summed E-state index contributed by atoms with van der Waals surface area (Å²) < 4.78 is 18.6. The number of thiazole rings is 1. The third kappa shape index (κ3) is 2.25. The van der Waals surface area contributed by atoms with Crippen LogP contribution in [0, 0.1) is 0 Å². The van der Waals surface area contributed by atoms with Gasteiger partial charge in [0.05, 0.1) is 23.1 Å². The topological polar surface area (TPSA) is 40.6 Å². The Morgan fingerprint density at radius 3 is 2.18 bits per heavy atom. The molecule has 0 unspecified atom stereocenters. The molecule has 0 spiro atoms. The average Bonchev–Trinajstić information content (AvgIpc) is 2.66. The predicted octanol–water partition coefficient (Wildman–Crippen LogP) is 2.21. The first-order chi connectivity index (χ1) is 7.77. The fourth-order valence-electron chi connectivity index (χ4n) is 1.48. The van der Waals surface area contributed by atoms with Crippen molar-refractivity contribution >= 4 is 39.2 Å². The van der Waals surface area contributed by atoms with E-state index < -0.39 is 7.12 Å². The quantitative estimate of drug-likeness (QED) is 0.784. The molecule has 2 heterocycles. The van der Waals surface area contributed by atoms with Crippen molar-refractivity contribution in [3.8, 4) is 5.19 Å². The Bertz CT molecular complexity index is 419. The van der Waals surface area contributed by atoms with Crippen LogP contribution in [-0.2, 0) is 9.31 Å². The number of methoxy groups -OCH3 is 1. The summed E-state index contributed by atoms with van der Waals surface area (Å²) in [5, 5.41) is 0.599. The Hall–Kier alpha value is -0.105. The van der Waals surface area contributed by atoms with Crippen LogP contribution >= 0.6 is 27.3 Å². The van der Waals surface area contributed by atoms with Gasteiger partial charge in [0.15, 0.2) is 0 Å². The Labute approximate surface area is 114 Å². The fourth-order valence-corrected chi connectivity index (χ4v) is 2.92. The molecule has 1 fully saturated rings. The number of rotatable bonds is 2. The molecular formula is C10H15BBrNO3S. The summed E-state index contributed by atoms with van der Waals surface area (Å²) in [5.74, 6) is 0. The number of hydrogen-bond acceptors (Lipinski definition) is 5.